The van der Waals surface area contributed by atoms with E-state index < -0.39 is 5.41 Å². The Kier molecular flexibility index (Phi) is 2.41. The van der Waals surface area contributed by atoms with E-state index in [2.05, 4.69) is 0 Å². The van der Waals surface area contributed by atoms with Crippen LogP contribution in [0.25, 0.3) is 0 Å². The van der Waals surface area contributed by atoms with Gasteiger partial charge in [0.15, 0.2) is 0 Å². The highest BCUT2D eigenvalue weighted by atomic mass is 16.6. The maximum Gasteiger partial charge on any atom is 0.311 e. The second-order valence-corrected chi connectivity index (χ2v) is 5.06. The van der Waals surface area contributed by atoms with Crippen LogP contribution in [0, 0.1) is 5.41 Å². The lowest BCUT2D eigenvalue weighted by Gasteiger charge is -2.15. The Bertz CT molecular complexity index is 213. The third-order valence-electron chi connectivity index (χ3n) is 2.14. The van der Waals surface area contributed by atoms with Crippen LogP contribution in [0.2, 0.25) is 0 Å². The Morgan fingerprint density at radius 1 is 1.46 bits per heavy atom. The predicted octanol–water partition coefficient (Wildman–Crippen LogP) is 1.75. The molecular weight excluding hydrogens is 168 g/mol. The van der Waals surface area contributed by atoms with Gasteiger partial charge in [-0.25, -0.2) is 0 Å². The van der Waals surface area contributed by atoms with Crippen LogP contribution in [0.4, 0.5) is 0 Å². The molecule has 0 saturated carbocycles. The zero-order valence-corrected chi connectivity index (χ0v) is 9.01. The van der Waals surface area contributed by atoms with Crippen LogP contribution in [0.3, 0.4) is 0 Å². The molecule has 1 atom stereocenters. The number of ether oxygens (including phenoxy) is 2. The van der Waals surface area contributed by atoms with Crippen molar-refractivity contribution in [2.75, 3.05) is 6.61 Å². The van der Waals surface area contributed by atoms with Crippen molar-refractivity contribution in [3.8, 4) is 0 Å². The van der Waals surface area contributed by atoms with Gasteiger partial charge in [0.25, 0.3) is 0 Å². The smallest absolute Gasteiger partial charge is 0.311 e. The highest BCUT2D eigenvalue weighted by Crippen LogP contribution is 2.35. The van der Waals surface area contributed by atoms with E-state index in [0.29, 0.717) is 6.61 Å². The van der Waals surface area contributed by atoms with Gasteiger partial charge in [-0.2, -0.15) is 0 Å². The molecule has 1 saturated heterocycles. The summed E-state index contributed by atoms with van der Waals surface area (Å²) >= 11 is 0. The number of rotatable bonds is 2. The molecular formula is C10H18O3. The molecule has 0 aromatic carbocycles. The molecule has 0 aliphatic carbocycles. The van der Waals surface area contributed by atoms with Gasteiger partial charge in [-0.15, -0.1) is 0 Å². The molecule has 1 heterocycles. The summed E-state index contributed by atoms with van der Waals surface area (Å²) in [5.41, 5.74) is -0.517. The van der Waals surface area contributed by atoms with E-state index in [1.807, 2.05) is 34.6 Å². The Balaban J connectivity index is 2.25. The van der Waals surface area contributed by atoms with E-state index in [9.17, 15) is 4.79 Å². The summed E-state index contributed by atoms with van der Waals surface area (Å²) in [5.74, 6) is -0.168. The molecule has 0 spiro atoms. The van der Waals surface area contributed by atoms with E-state index in [0.717, 1.165) is 0 Å². The van der Waals surface area contributed by atoms with Gasteiger partial charge in [0.05, 0.1) is 11.0 Å². The molecule has 13 heavy (non-hydrogen) atoms. The van der Waals surface area contributed by atoms with Crippen molar-refractivity contribution in [2.24, 2.45) is 5.41 Å². The quantitative estimate of drug-likeness (QED) is 0.487. The number of carbonyl (C=O) groups is 1. The van der Waals surface area contributed by atoms with Crippen molar-refractivity contribution < 1.29 is 14.3 Å². The number of epoxide rings is 1. The minimum absolute atomic E-state index is 0.0822. The van der Waals surface area contributed by atoms with Gasteiger partial charge < -0.3 is 9.47 Å². The molecule has 1 unspecified atom stereocenters. The second kappa shape index (κ2) is 2.98. The molecule has 0 aromatic rings. The van der Waals surface area contributed by atoms with Crippen LogP contribution in [-0.2, 0) is 14.3 Å². The minimum atomic E-state index is -0.418. The second-order valence-electron chi connectivity index (χ2n) is 5.06. The summed E-state index contributed by atoms with van der Waals surface area (Å²) in [4.78, 5) is 11.3. The SMILES string of the molecule is CC(C)(C)C(=O)OCC1OC1(C)C. The van der Waals surface area contributed by atoms with Gasteiger partial charge in [-0.3, -0.25) is 4.79 Å². The molecule has 1 aliphatic heterocycles. The standard InChI is InChI=1S/C10H18O3/c1-9(2,3)8(11)12-6-7-10(4,5)13-7/h7H,6H2,1-5H3. The third-order valence-corrected chi connectivity index (χ3v) is 2.14. The Hall–Kier alpha value is -0.570. The van der Waals surface area contributed by atoms with E-state index in [-0.39, 0.29) is 17.7 Å². The zero-order chi connectivity index (χ0) is 10.3. The topological polar surface area (TPSA) is 38.8 Å². The summed E-state index contributed by atoms with van der Waals surface area (Å²) in [5, 5.41) is 0. The molecule has 0 amide bonds. The lowest BCUT2D eigenvalue weighted by atomic mass is 9.97. The Labute approximate surface area is 79.4 Å². The number of hydrogen-bond acceptors (Lipinski definition) is 3. The molecule has 0 radical (unpaired) electrons. The van der Waals surface area contributed by atoms with E-state index in [1.54, 1.807) is 0 Å². The average Bonchev–Trinajstić information content (AvgIpc) is 2.52. The van der Waals surface area contributed by atoms with Crippen LogP contribution in [-0.4, -0.2) is 24.3 Å². The van der Waals surface area contributed by atoms with Crippen LogP contribution in [0.5, 0.6) is 0 Å². The first-order valence-corrected chi connectivity index (χ1v) is 4.58. The maximum atomic E-state index is 11.3. The summed E-state index contributed by atoms with van der Waals surface area (Å²) in [6.07, 6.45) is 0.0822. The first-order chi connectivity index (χ1) is 5.73. The van der Waals surface area contributed by atoms with Crippen molar-refractivity contribution >= 4 is 5.97 Å². The van der Waals surface area contributed by atoms with E-state index in [4.69, 9.17) is 9.47 Å². The summed E-state index contributed by atoms with van der Waals surface area (Å²) < 4.78 is 10.4. The molecule has 76 valence electrons. The Morgan fingerprint density at radius 2 is 1.92 bits per heavy atom. The van der Waals surface area contributed by atoms with Gasteiger partial charge in [0.2, 0.25) is 0 Å². The molecule has 0 N–H and O–H groups in total. The minimum Gasteiger partial charge on any atom is -0.462 e. The fourth-order valence-electron chi connectivity index (χ4n) is 0.935. The molecule has 3 heteroatoms. The number of hydrogen-bond donors (Lipinski definition) is 0. The van der Waals surface area contributed by atoms with Gasteiger partial charge in [-0.1, -0.05) is 0 Å². The van der Waals surface area contributed by atoms with Gasteiger partial charge >= 0.3 is 5.97 Å². The first-order valence-electron chi connectivity index (χ1n) is 4.58. The molecule has 1 rings (SSSR count). The fraction of sp³-hybridized carbons (Fsp3) is 0.900. The zero-order valence-electron chi connectivity index (χ0n) is 9.01. The normalized spacial score (nSPS) is 25.5. The summed E-state index contributed by atoms with van der Waals surface area (Å²) in [6.45, 7) is 9.88. The van der Waals surface area contributed by atoms with Crippen molar-refractivity contribution in [1.29, 1.82) is 0 Å². The number of carbonyl (C=O) groups excluding carboxylic acids is 1. The summed E-state index contributed by atoms with van der Waals surface area (Å²) in [7, 11) is 0. The number of esters is 1. The molecule has 0 bridgehead atoms. The van der Waals surface area contributed by atoms with Gasteiger partial charge in [-0.05, 0) is 34.6 Å². The average molecular weight is 186 g/mol. The molecule has 1 aliphatic rings. The monoisotopic (exact) mass is 186 g/mol. The van der Waals surface area contributed by atoms with E-state index >= 15 is 0 Å². The lowest BCUT2D eigenvalue weighted by molar-refractivity contribution is -0.153. The highest BCUT2D eigenvalue weighted by molar-refractivity contribution is 5.75. The van der Waals surface area contributed by atoms with Crippen molar-refractivity contribution in [2.45, 2.75) is 46.3 Å². The van der Waals surface area contributed by atoms with Crippen molar-refractivity contribution in [3.63, 3.8) is 0 Å². The van der Waals surface area contributed by atoms with Crippen LogP contribution < -0.4 is 0 Å². The lowest BCUT2D eigenvalue weighted by Crippen LogP contribution is -2.25. The van der Waals surface area contributed by atoms with Crippen molar-refractivity contribution in [3.05, 3.63) is 0 Å². The maximum absolute atomic E-state index is 11.3. The van der Waals surface area contributed by atoms with Crippen LogP contribution >= 0.6 is 0 Å². The highest BCUT2D eigenvalue weighted by Gasteiger charge is 2.48. The molecule has 1 fully saturated rings. The largest absolute Gasteiger partial charge is 0.462 e. The summed E-state index contributed by atoms with van der Waals surface area (Å²) in [6, 6.07) is 0. The van der Waals surface area contributed by atoms with Crippen molar-refractivity contribution in [1.82, 2.24) is 0 Å². The predicted molar refractivity (Wildman–Crippen MR) is 49.4 cm³/mol. The van der Waals surface area contributed by atoms with Gasteiger partial charge in [0, 0.05) is 0 Å². The Morgan fingerprint density at radius 3 is 2.23 bits per heavy atom. The molecule has 3 nitrogen and oxygen atoms in total. The van der Waals surface area contributed by atoms with E-state index in [1.165, 1.54) is 0 Å². The third kappa shape index (κ3) is 2.69. The first kappa shape index (κ1) is 10.5. The van der Waals surface area contributed by atoms with Crippen LogP contribution in [0.15, 0.2) is 0 Å². The fourth-order valence-corrected chi connectivity index (χ4v) is 0.935. The van der Waals surface area contributed by atoms with Gasteiger partial charge in [0.1, 0.15) is 12.7 Å². The molecule has 0 aromatic heterocycles. The van der Waals surface area contributed by atoms with Crippen LogP contribution in [0.1, 0.15) is 34.6 Å².